The minimum atomic E-state index is -5.74. The van der Waals surface area contributed by atoms with Crippen LogP contribution in [-0.4, -0.2) is 22.5 Å². The van der Waals surface area contributed by atoms with Gasteiger partial charge in [-0.3, -0.25) is 0 Å². The fourth-order valence-electron chi connectivity index (χ4n) is 2.00. The number of halogens is 5. The number of carboxylic acid groups (broad SMARTS) is 1. The number of rotatable bonds is 6. The summed E-state index contributed by atoms with van der Waals surface area (Å²) in [4.78, 5) is 10.9. The summed E-state index contributed by atoms with van der Waals surface area (Å²) in [7, 11) is 0. The fourth-order valence-corrected chi connectivity index (χ4v) is 3.29. The van der Waals surface area contributed by atoms with E-state index in [1.165, 1.54) is 6.92 Å². The van der Waals surface area contributed by atoms with E-state index in [1.807, 2.05) is 0 Å². The third-order valence-corrected chi connectivity index (χ3v) is 4.87. The molecule has 0 bridgehead atoms. The van der Waals surface area contributed by atoms with E-state index in [-0.39, 0.29) is 27.7 Å². The molecule has 130 valence electrons. The van der Waals surface area contributed by atoms with Crippen molar-refractivity contribution >= 4 is 17.7 Å². The zero-order valence-electron chi connectivity index (χ0n) is 12.8. The summed E-state index contributed by atoms with van der Waals surface area (Å²) in [5.41, 5.74) is -1.43. The molecule has 23 heavy (non-hydrogen) atoms. The van der Waals surface area contributed by atoms with Crippen LogP contribution in [-0.2, 0) is 12.3 Å². The Morgan fingerprint density at radius 1 is 1.22 bits per heavy atom. The largest absolute Gasteiger partial charge is 0.478 e. The van der Waals surface area contributed by atoms with E-state index in [4.69, 9.17) is 5.11 Å². The first kappa shape index (κ1) is 19.7. The summed E-state index contributed by atoms with van der Waals surface area (Å²) in [5.74, 6) is -6.39. The number of benzene rings is 1. The Bertz CT molecular complexity index is 584. The molecule has 0 spiro atoms. The zero-order valence-corrected chi connectivity index (χ0v) is 13.6. The number of carbonyl (C=O) groups is 1. The van der Waals surface area contributed by atoms with Crippen LogP contribution >= 0.6 is 11.8 Å². The van der Waals surface area contributed by atoms with Crippen molar-refractivity contribution in [2.45, 2.75) is 55.9 Å². The summed E-state index contributed by atoms with van der Waals surface area (Å²) >= 11 is 0.853. The maximum Gasteiger partial charge on any atom is 0.458 e. The Morgan fingerprint density at radius 3 is 2.17 bits per heavy atom. The Morgan fingerprint density at radius 2 is 1.78 bits per heavy atom. The highest BCUT2D eigenvalue weighted by atomic mass is 32.2. The van der Waals surface area contributed by atoms with Crippen molar-refractivity contribution < 1.29 is 31.9 Å². The van der Waals surface area contributed by atoms with Gasteiger partial charge in [-0.1, -0.05) is 26.8 Å². The van der Waals surface area contributed by atoms with E-state index in [1.54, 1.807) is 13.8 Å². The van der Waals surface area contributed by atoms with Crippen LogP contribution in [0.25, 0.3) is 0 Å². The third-order valence-electron chi connectivity index (χ3n) is 3.43. The van der Waals surface area contributed by atoms with Crippen molar-refractivity contribution in [2.75, 3.05) is 0 Å². The number of carboxylic acids is 1. The molecule has 0 saturated carbocycles. The Hall–Kier alpha value is -1.31. The predicted octanol–water partition coefficient (Wildman–Crippen LogP) is 5.49. The second-order valence-corrected chi connectivity index (χ2v) is 6.48. The van der Waals surface area contributed by atoms with Gasteiger partial charge in [0.1, 0.15) is 0 Å². The Labute approximate surface area is 135 Å². The van der Waals surface area contributed by atoms with Gasteiger partial charge in [-0.25, -0.2) is 4.79 Å². The van der Waals surface area contributed by atoms with Crippen molar-refractivity contribution in [3.05, 3.63) is 28.8 Å². The lowest BCUT2D eigenvalue weighted by Gasteiger charge is -2.25. The van der Waals surface area contributed by atoms with Gasteiger partial charge in [0, 0.05) is 15.7 Å². The van der Waals surface area contributed by atoms with Crippen LogP contribution < -0.4 is 0 Å². The first-order valence-electron chi connectivity index (χ1n) is 6.98. The maximum absolute atomic E-state index is 13.8. The predicted molar refractivity (Wildman–Crippen MR) is 78.3 cm³/mol. The molecule has 0 aliphatic rings. The lowest BCUT2D eigenvalue weighted by molar-refractivity contribution is -0.290. The molecule has 0 aromatic heterocycles. The monoisotopic (exact) mass is 356 g/mol. The Kier molecular flexibility index (Phi) is 6.06. The number of aromatic carboxylic acids is 1. The molecule has 1 atom stereocenters. The molecule has 0 fully saturated rings. The Balaban J connectivity index is 3.67. The normalized spacial score (nSPS) is 13.9. The van der Waals surface area contributed by atoms with Crippen molar-refractivity contribution in [1.82, 2.24) is 0 Å². The molecule has 0 heterocycles. The maximum atomic E-state index is 13.8. The molecule has 8 heteroatoms. The average Bonchev–Trinajstić information content (AvgIpc) is 2.44. The molecule has 1 aromatic rings. The zero-order chi connectivity index (χ0) is 18.0. The molecule has 1 rings (SSSR count). The van der Waals surface area contributed by atoms with Crippen molar-refractivity contribution in [3.8, 4) is 0 Å². The van der Waals surface area contributed by atoms with Gasteiger partial charge < -0.3 is 5.11 Å². The van der Waals surface area contributed by atoms with Crippen LogP contribution in [0.2, 0.25) is 0 Å². The summed E-state index contributed by atoms with van der Waals surface area (Å²) in [5, 5.41) is 8.92. The number of alkyl halides is 5. The smallest absolute Gasteiger partial charge is 0.458 e. The number of hydrogen-bond acceptors (Lipinski definition) is 2. The van der Waals surface area contributed by atoms with Gasteiger partial charge in [0.25, 0.3) is 0 Å². The van der Waals surface area contributed by atoms with Gasteiger partial charge >= 0.3 is 18.1 Å². The first-order chi connectivity index (χ1) is 10.5. The molecule has 2 nitrogen and oxygen atoms in total. The summed E-state index contributed by atoms with van der Waals surface area (Å²) < 4.78 is 65.9. The molecule has 0 amide bonds. The van der Waals surface area contributed by atoms with Gasteiger partial charge in [0.15, 0.2) is 0 Å². The second kappa shape index (κ2) is 7.07. The van der Waals surface area contributed by atoms with E-state index in [0.29, 0.717) is 12.5 Å². The summed E-state index contributed by atoms with van der Waals surface area (Å²) in [6.45, 7) is 4.98. The van der Waals surface area contributed by atoms with E-state index >= 15 is 0 Å². The minimum Gasteiger partial charge on any atom is -0.478 e. The molecule has 1 N–H and O–H groups in total. The highest BCUT2D eigenvalue weighted by Crippen LogP contribution is 2.49. The van der Waals surface area contributed by atoms with Gasteiger partial charge in [-0.2, -0.15) is 22.0 Å². The van der Waals surface area contributed by atoms with Crippen molar-refractivity contribution in [3.63, 3.8) is 0 Å². The summed E-state index contributed by atoms with van der Waals surface area (Å²) in [6, 6.07) is 1.39. The quantitative estimate of drug-likeness (QED) is 0.541. The molecule has 0 saturated heterocycles. The van der Waals surface area contributed by atoms with E-state index in [2.05, 4.69) is 0 Å². The molecule has 0 aliphatic carbocycles. The standard InChI is InChI=1S/C15H17F5O2S/c1-4-8(3)23-12-9(5-2)10(13(21)22)6-7-11(12)14(16,17)15(18,19)20/h6-8H,4-5H2,1-3H3,(H,21,22)/t8-/m1/s1. The van der Waals surface area contributed by atoms with Crippen LogP contribution in [0.3, 0.4) is 0 Å². The highest BCUT2D eigenvalue weighted by Gasteiger charge is 2.59. The van der Waals surface area contributed by atoms with Gasteiger partial charge in [0.2, 0.25) is 0 Å². The van der Waals surface area contributed by atoms with Crippen molar-refractivity contribution in [1.29, 1.82) is 0 Å². The molecule has 0 aliphatic heterocycles. The average molecular weight is 356 g/mol. The number of hydrogen-bond donors (Lipinski definition) is 1. The molecule has 0 radical (unpaired) electrons. The SMILES string of the molecule is CCc1c(C(=O)O)ccc(C(F)(F)C(F)(F)F)c1S[C@H](C)CC. The van der Waals surface area contributed by atoms with E-state index < -0.39 is 23.6 Å². The molecular formula is C15H17F5O2S. The molecule has 0 unspecified atom stereocenters. The van der Waals surface area contributed by atoms with Crippen LogP contribution in [0, 0.1) is 0 Å². The minimum absolute atomic E-state index is 0.00391. The van der Waals surface area contributed by atoms with Gasteiger partial charge in [-0.05, 0) is 24.5 Å². The topological polar surface area (TPSA) is 37.3 Å². The van der Waals surface area contributed by atoms with E-state index in [9.17, 15) is 26.7 Å². The third kappa shape index (κ3) is 3.97. The van der Waals surface area contributed by atoms with Gasteiger partial charge in [0.05, 0.1) is 5.56 Å². The lowest BCUT2D eigenvalue weighted by Crippen LogP contribution is -2.34. The first-order valence-corrected chi connectivity index (χ1v) is 7.86. The van der Waals surface area contributed by atoms with E-state index in [0.717, 1.165) is 17.8 Å². The second-order valence-electron chi connectivity index (χ2n) is 5.04. The van der Waals surface area contributed by atoms with Crippen LogP contribution in [0.15, 0.2) is 17.0 Å². The van der Waals surface area contributed by atoms with Crippen LogP contribution in [0.1, 0.15) is 48.7 Å². The highest BCUT2D eigenvalue weighted by molar-refractivity contribution is 8.00. The number of thioether (sulfide) groups is 1. The van der Waals surface area contributed by atoms with Crippen LogP contribution in [0.4, 0.5) is 22.0 Å². The van der Waals surface area contributed by atoms with Crippen molar-refractivity contribution in [2.24, 2.45) is 0 Å². The molecular weight excluding hydrogens is 339 g/mol. The molecule has 1 aromatic carbocycles. The fraction of sp³-hybridized carbons (Fsp3) is 0.533. The summed E-state index contributed by atoms with van der Waals surface area (Å²) in [6.07, 6.45) is -5.15. The lowest BCUT2D eigenvalue weighted by atomic mass is 9.98. The van der Waals surface area contributed by atoms with Crippen LogP contribution in [0.5, 0.6) is 0 Å². The van der Waals surface area contributed by atoms with Gasteiger partial charge in [-0.15, -0.1) is 11.8 Å².